The van der Waals surface area contributed by atoms with E-state index >= 15 is 0 Å². The van der Waals surface area contributed by atoms with Gasteiger partial charge in [0, 0.05) is 12.6 Å². The van der Waals surface area contributed by atoms with Crippen LogP contribution in [0.1, 0.15) is 6.92 Å². The second-order valence-electron chi connectivity index (χ2n) is 3.40. The summed E-state index contributed by atoms with van der Waals surface area (Å²) in [5.74, 6) is -2.01. The molecule has 3 N–H and O–H groups in total. The van der Waals surface area contributed by atoms with Gasteiger partial charge in [-0.2, -0.15) is 0 Å². The van der Waals surface area contributed by atoms with E-state index in [1.54, 1.807) is 6.92 Å². The Kier molecular flexibility index (Phi) is 3.73. The van der Waals surface area contributed by atoms with Crippen molar-refractivity contribution in [1.82, 2.24) is 0 Å². The van der Waals surface area contributed by atoms with Gasteiger partial charge in [0.05, 0.1) is 17.1 Å². The highest BCUT2D eigenvalue weighted by atomic mass is 19.1. The van der Waals surface area contributed by atoms with Gasteiger partial charge in [-0.25, -0.2) is 8.78 Å². The number of hydrogen-bond acceptors (Lipinski definition) is 4. The maximum Gasteiger partial charge on any atom is 0.275 e. The van der Waals surface area contributed by atoms with E-state index in [1.807, 2.05) is 0 Å². The van der Waals surface area contributed by atoms with Gasteiger partial charge in [-0.15, -0.1) is 0 Å². The quantitative estimate of drug-likeness (QED) is 0.609. The summed E-state index contributed by atoms with van der Waals surface area (Å²) in [5.41, 5.74) is 4.38. The summed E-state index contributed by atoms with van der Waals surface area (Å²) in [5, 5.41) is 12.8. The van der Waals surface area contributed by atoms with E-state index < -0.39 is 27.9 Å². The van der Waals surface area contributed by atoms with Crippen LogP contribution in [0.3, 0.4) is 0 Å². The summed E-state index contributed by atoms with van der Waals surface area (Å²) in [6, 6.07) is 1.04. The zero-order valence-corrected chi connectivity index (χ0v) is 8.54. The Bertz CT molecular complexity index is 387. The second-order valence-corrected chi connectivity index (χ2v) is 3.40. The number of nitrogens with one attached hydrogen (secondary N) is 1. The first-order valence-corrected chi connectivity index (χ1v) is 4.54. The first kappa shape index (κ1) is 12.3. The number of non-ortho nitro benzene ring substituents is 1. The maximum atomic E-state index is 13.3. The number of nitrogens with zero attached hydrogens (tertiary/aromatic N) is 1. The molecule has 0 heterocycles. The van der Waals surface area contributed by atoms with Crippen LogP contribution >= 0.6 is 0 Å². The Hall–Kier alpha value is -1.76. The third-order valence-corrected chi connectivity index (χ3v) is 1.84. The minimum Gasteiger partial charge on any atom is -0.379 e. The molecule has 0 fully saturated rings. The SMILES string of the molecule is CC(N)CNc1c(F)cc([N+](=O)[O-])cc1F. The van der Waals surface area contributed by atoms with Gasteiger partial charge in [0.25, 0.3) is 5.69 Å². The number of hydrogen-bond donors (Lipinski definition) is 2. The molecule has 0 aromatic heterocycles. The summed E-state index contributed by atoms with van der Waals surface area (Å²) in [6.45, 7) is 1.83. The molecule has 1 aromatic carbocycles. The van der Waals surface area contributed by atoms with E-state index in [0.717, 1.165) is 0 Å². The van der Waals surface area contributed by atoms with Gasteiger partial charge in [0.1, 0.15) is 5.69 Å². The van der Waals surface area contributed by atoms with Crippen LogP contribution in [-0.4, -0.2) is 17.5 Å². The lowest BCUT2D eigenvalue weighted by molar-refractivity contribution is -0.385. The fourth-order valence-corrected chi connectivity index (χ4v) is 1.10. The van der Waals surface area contributed by atoms with E-state index in [4.69, 9.17) is 5.73 Å². The average molecular weight is 231 g/mol. The molecule has 1 rings (SSSR count). The Morgan fingerprint density at radius 3 is 2.38 bits per heavy atom. The molecule has 0 saturated heterocycles. The Balaban J connectivity index is 2.98. The molecule has 0 aliphatic heterocycles. The number of nitro groups is 1. The zero-order chi connectivity index (χ0) is 12.3. The molecule has 88 valence electrons. The average Bonchev–Trinajstić information content (AvgIpc) is 2.15. The molecule has 0 spiro atoms. The summed E-state index contributed by atoms with van der Waals surface area (Å²) >= 11 is 0. The number of anilines is 1. The predicted octanol–water partition coefficient (Wildman–Crippen LogP) is 1.63. The standard InChI is InChI=1S/C9H11F2N3O2/c1-5(12)4-13-9-7(10)2-6(14(15)16)3-8(9)11/h2-3,5,13H,4,12H2,1H3. The van der Waals surface area contributed by atoms with Crippen LogP contribution in [-0.2, 0) is 0 Å². The van der Waals surface area contributed by atoms with Gasteiger partial charge >= 0.3 is 0 Å². The molecule has 1 aromatic rings. The van der Waals surface area contributed by atoms with E-state index in [-0.39, 0.29) is 12.6 Å². The first-order chi connectivity index (χ1) is 7.41. The van der Waals surface area contributed by atoms with Gasteiger partial charge < -0.3 is 11.1 Å². The van der Waals surface area contributed by atoms with Crippen LogP contribution in [0, 0.1) is 21.7 Å². The van der Waals surface area contributed by atoms with Gasteiger partial charge in [-0.05, 0) is 6.92 Å². The molecule has 0 bridgehead atoms. The monoisotopic (exact) mass is 231 g/mol. The smallest absolute Gasteiger partial charge is 0.275 e. The summed E-state index contributed by atoms with van der Waals surface area (Å²) in [4.78, 5) is 9.45. The zero-order valence-electron chi connectivity index (χ0n) is 8.54. The van der Waals surface area contributed by atoms with Crippen molar-refractivity contribution in [3.63, 3.8) is 0 Å². The molecule has 0 radical (unpaired) electrons. The normalized spacial score (nSPS) is 12.2. The van der Waals surface area contributed by atoms with Crippen LogP contribution in [0.5, 0.6) is 0 Å². The van der Waals surface area contributed by atoms with Crippen molar-refractivity contribution < 1.29 is 13.7 Å². The lowest BCUT2D eigenvalue weighted by atomic mass is 10.2. The third kappa shape index (κ3) is 2.86. The summed E-state index contributed by atoms with van der Waals surface area (Å²) < 4.78 is 26.5. The van der Waals surface area contributed by atoms with E-state index in [2.05, 4.69) is 5.32 Å². The highest BCUT2D eigenvalue weighted by molar-refractivity contribution is 5.51. The van der Waals surface area contributed by atoms with Crippen LogP contribution in [0.25, 0.3) is 0 Å². The molecule has 0 aliphatic rings. The second kappa shape index (κ2) is 4.84. The van der Waals surface area contributed by atoms with Crippen molar-refractivity contribution >= 4 is 11.4 Å². The van der Waals surface area contributed by atoms with E-state index in [9.17, 15) is 18.9 Å². The largest absolute Gasteiger partial charge is 0.379 e. The summed E-state index contributed by atoms with van der Waals surface area (Å²) in [7, 11) is 0. The van der Waals surface area contributed by atoms with Gasteiger partial charge in [0.2, 0.25) is 0 Å². The van der Waals surface area contributed by atoms with Crippen LogP contribution in [0.15, 0.2) is 12.1 Å². The van der Waals surface area contributed by atoms with Crippen molar-refractivity contribution in [3.8, 4) is 0 Å². The minimum absolute atomic E-state index is 0.172. The Morgan fingerprint density at radius 1 is 1.50 bits per heavy atom. The molecule has 1 atom stereocenters. The van der Waals surface area contributed by atoms with Crippen LogP contribution in [0.4, 0.5) is 20.2 Å². The molecule has 16 heavy (non-hydrogen) atoms. The molecule has 1 unspecified atom stereocenters. The van der Waals surface area contributed by atoms with Gasteiger partial charge in [-0.1, -0.05) is 0 Å². The van der Waals surface area contributed by atoms with Gasteiger partial charge in [-0.3, -0.25) is 10.1 Å². The van der Waals surface area contributed by atoms with Crippen LogP contribution in [0.2, 0.25) is 0 Å². The molecular weight excluding hydrogens is 220 g/mol. The highest BCUT2D eigenvalue weighted by Gasteiger charge is 2.16. The fourth-order valence-electron chi connectivity index (χ4n) is 1.10. The van der Waals surface area contributed by atoms with Crippen molar-refractivity contribution in [2.45, 2.75) is 13.0 Å². The van der Waals surface area contributed by atoms with E-state index in [1.165, 1.54) is 0 Å². The van der Waals surface area contributed by atoms with E-state index in [0.29, 0.717) is 12.1 Å². The summed E-state index contributed by atoms with van der Waals surface area (Å²) in [6.07, 6.45) is 0. The number of halogens is 2. The number of nitrogens with two attached hydrogens (primary N) is 1. The number of nitro benzene ring substituents is 1. The lowest BCUT2D eigenvalue weighted by Gasteiger charge is -2.10. The Labute approximate surface area is 90.4 Å². The first-order valence-electron chi connectivity index (χ1n) is 4.54. The number of benzene rings is 1. The Morgan fingerprint density at radius 2 is 2.00 bits per heavy atom. The predicted molar refractivity (Wildman–Crippen MR) is 55.2 cm³/mol. The van der Waals surface area contributed by atoms with Crippen molar-refractivity contribution in [2.24, 2.45) is 5.73 Å². The number of rotatable bonds is 4. The maximum absolute atomic E-state index is 13.3. The molecule has 0 saturated carbocycles. The topological polar surface area (TPSA) is 81.2 Å². The highest BCUT2D eigenvalue weighted by Crippen LogP contribution is 2.24. The molecule has 0 amide bonds. The van der Waals surface area contributed by atoms with Crippen molar-refractivity contribution in [2.75, 3.05) is 11.9 Å². The molecule has 7 heteroatoms. The fraction of sp³-hybridized carbons (Fsp3) is 0.333. The minimum atomic E-state index is -1.01. The third-order valence-electron chi connectivity index (χ3n) is 1.84. The molecule has 5 nitrogen and oxygen atoms in total. The lowest BCUT2D eigenvalue weighted by Crippen LogP contribution is -2.25. The molecular formula is C9H11F2N3O2. The van der Waals surface area contributed by atoms with Crippen molar-refractivity contribution in [1.29, 1.82) is 0 Å². The van der Waals surface area contributed by atoms with Gasteiger partial charge in [0.15, 0.2) is 11.6 Å². The van der Waals surface area contributed by atoms with Crippen LogP contribution < -0.4 is 11.1 Å². The van der Waals surface area contributed by atoms with Crippen molar-refractivity contribution in [3.05, 3.63) is 33.9 Å². The molecule has 0 aliphatic carbocycles.